The molecule has 0 aromatic heterocycles. The maximum Gasteiger partial charge on any atom is 0.408 e. The lowest BCUT2D eigenvalue weighted by atomic mass is 10.3. The molecule has 0 aliphatic rings. The molecular weight excluding hydrogens is 345 g/mol. The molecule has 1 aromatic rings. The minimum atomic E-state index is -1.81. The summed E-state index contributed by atoms with van der Waals surface area (Å²) in [6, 6.07) is 9.16. The van der Waals surface area contributed by atoms with Crippen molar-refractivity contribution in [3.05, 3.63) is 30.3 Å². The molecule has 0 radical (unpaired) electrons. The van der Waals surface area contributed by atoms with Gasteiger partial charge in [-0.2, -0.15) is 0 Å². The van der Waals surface area contributed by atoms with Gasteiger partial charge in [0.15, 0.2) is 11.3 Å². The smallest absolute Gasteiger partial charge is 0.408 e. The van der Waals surface area contributed by atoms with E-state index in [1.54, 1.807) is 0 Å². The van der Waals surface area contributed by atoms with Crippen molar-refractivity contribution in [1.82, 2.24) is 10.6 Å². The van der Waals surface area contributed by atoms with Crippen LogP contribution >= 0.6 is 47.0 Å². The lowest BCUT2D eigenvalue weighted by molar-refractivity contribution is 0.166. The largest absolute Gasteiger partial charge is 0.453 e. The van der Waals surface area contributed by atoms with Crippen molar-refractivity contribution in [2.75, 3.05) is 12.4 Å². The number of anilines is 1. The van der Waals surface area contributed by atoms with Gasteiger partial charge >= 0.3 is 6.09 Å². The fourth-order valence-electron chi connectivity index (χ4n) is 1.20. The zero-order valence-electron chi connectivity index (χ0n) is 10.3. The first-order valence-corrected chi connectivity index (χ1v) is 6.91. The van der Waals surface area contributed by atoms with Crippen LogP contribution in [0.5, 0.6) is 0 Å². The second kappa shape index (κ2) is 7.73. The molecule has 0 saturated carbocycles. The number of ether oxygens (including phenoxy) is 1. The number of alkyl carbamates (subject to hydrolysis) is 1. The van der Waals surface area contributed by atoms with E-state index >= 15 is 0 Å². The number of para-hydroxylation sites is 1. The van der Waals surface area contributed by atoms with Crippen molar-refractivity contribution in [2.45, 2.75) is 9.96 Å². The molecule has 5 nitrogen and oxygen atoms in total. The summed E-state index contributed by atoms with van der Waals surface area (Å²) >= 11 is 22.4. The standard InChI is InChI=1S/C11H12Cl3N3O2S/c1-19-10(18)17-8(11(12,13)14)16-9(20)15-7-5-3-2-4-6-7/h2-6,8H,1H3,(H,17,18)(H2,15,16,20). The van der Waals surface area contributed by atoms with Crippen molar-refractivity contribution in [1.29, 1.82) is 0 Å². The Hall–Kier alpha value is -0.950. The van der Waals surface area contributed by atoms with Crippen LogP contribution in [0.2, 0.25) is 0 Å². The fourth-order valence-corrected chi connectivity index (χ4v) is 1.76. The zero-order chi connectivity index (χ0) is 15.2. The minimum Gasteiger partial charge on any atom is -0.453 e. The van der Waals surface area contributed by atoms with Gasteiger partial charge in [-0.05, 0) is 24.4 Å². The number of alkyl halides is 3. The maximum atomic E-state index is 11.2. The van der Waals surface area contributed by atoms with Gasteiger partial charge in [0.1, 0.15) is 0 Å². The third-order valence-corrected chi connectivity index (χ3v) is 2.96. The third-order valence-electron chi connectivity index (χ3n) is 2.08. The lowest BCUT2D eigenvalue weighted by Gasteiger charge is -2.27. The highest BCUT2D eigenvalue weighted by atomic mass is 35.6. The van der Waals surface area contributed by atoms with Gasteiger partial charge in [-0.15, -0.1) is 0 Å². The SMILES string of the molecule is COC(=O)NC(NC(=S)Nc1ccccc1)C(Cl)(Cl)Cl. The first-order valence-electron chi connectivity index (χ1n) is 5.36. The molecule has 9 heteroatoms. The molecule has 0 aliphatic heterocycles. The van der Waals surface area contributed by atoms with E-state index in [1.165, 1.54) is 7.11 Å². The maximum absolute atomic E-state index is 11.2. The van der Waals surface area contributed by atoms with E-state index in [0.717, 1.165) is 5.69 Å². The first kappa shape index (κ1) is 17.1. The van der Waals surface area contributed by atoms with Crippen LogP contribution in [0, 0.1) is 0 Å². The van der Waals surface area contributed by atoms with E-state index in [2.05, 4.69) is 20.7 Å². The second-order valence-electron chi connectivity index (χ2n) is 3.58. The predicted octanol–water partition coefficient (Wildman–Crippen LogP) is 3.03. The van der Waals surface area contributed by atoms with Gasteiger partial charge in [0, 0.05) is 5.69 Å². The Morgan fingerprint density at radius 3 is 2.35 bits per heavy atom. The van der Waals surface area contributed by atoms with Gasteiger partial charge in [0.25, 0.3) is 0 Å². The highest BCUT2D eigenvalue weighted by molar-refractivity contribution is 7.80. The average Bonchev–Trinajstić information content (AvgIpc) is 2.37. The Bertz CT molecular complexity index is 468. The Morgan fingerprint density at radius 2 is 1.85 bits per heavy atom. The molecular formula is C11H12Cl3N3O2S. The first-order chi connectivity index (χ1) is 9.32. The van der Waals surface area contributed by atoms with Crippen LogP contribution in [0.4, 0.5) is 10.5 Å². The highest BCUT2D eigenvalue weighted by Gasteiger charge is 2.34. The third kappa shape index (κ3) is 6.00. The summed E-state index contributed by atoms with van der Waals surface area (Å²) in [5.41, 5.74) is 0.756. The topological polar surface area (TPSA) is 62.4 Å². The summed E-state index contributed by atoms with van der Waals surface area (Å²) < 4.78 is 2.64. The number of nitrogens with one attached hydrogen (secondary N) is 3. The van der Waals surface area contributed by atoms with Gasteiger partial charge in [-0.1, -0.05) is 53.0 Å². The van der Waals surface area contributed by atoms with Crippen LogP contribution in [0.1, 0.15) is 0 Å². The van der Waals surface area contributed by atoms with Crippen LogP contribution in [-0.4, -0.2) is 28.3 Å². The molecule has 0 aliphatic carbocycles. The van der Waals surface area contributed by atoms with Crippen molar-refractivity contribution in [3.63, 3.8) is 0 Å². The monoisotopic (exact) mass is 355 g/mol. The quantitative estimate of drug-likeness (QED) is 0.441. The number of carbonyl (C=O) groups excluding carboxylic acids is 1. The van der Waals surface area contributed by atoms with E-state index in [9.17, 15) is 4.79 Å². The van der Waals surface area contributed by atoms with Crippen molar-refractivity contribution < 1.29 is 9.53 Å². The summed E-state index contributed by atoms with van der Waals surface area (Å²) in [5.74, 6) is 0. The fraction of sp³-hybridized carbons (Fsp3) is 0.273. The number of rotatable bonds is 3. The molecule has 1 atom stereocenters. The van der Waals surface area contributed by atoms with Crippen molar-refractivity contribution in [3.8, 4) is 0 Å². The number of carbonyl (C=O) groups is 1. The van der Waals surface area contributed by atoms with Gasteiger partial charge in [-0.25, -0.2) is 4.79 Å². The van der Waals surface area contributed by atoms with Crippen molar-refractivity contribution >= 4 is 63.9 Å². The van der Waals surface area contributed by atoms with Crippen LogP contribution in [0.3, 0.4) is 0 Å². The second-order valence-corrected chi connectivity index (χ2v) is 6.35. The summed E-state index contributed by atoms with van der Waals surface area (Å²) in [7, 11) is 1.20. The predicted molar refractivity (Wildman–Crippen MR) is 85.4 cm³/mol. The number of thiocarbonyl (C=S) groups is 1. The number of halogens is 3. The summed E-state index contributed by atoms with van der Waals surface area (Å²) in [6.07, 6.45) is -1.81. The molecule has 0 heterocycles. The Balaban J connectivity index is 2.65. The number of methoxy groups -OCH3 is 1. The minimum absolute atomic E-state index is 0.184. The lowest BCUT2D eigenvalue weighted by Crippen LogP contribution is -2.56. The zero-order valence-corrected chi connectivity index (χ0v) is 13.4. The number of benzene rings is 1. The molecule has 1 amide bonds. The van der Waals surface area contributed by atoms with Gasteiger partial charge in [0.05, 0.1) is 7.11 Å². The van der Waals surface area contributed by atoms with E-state index in [0.29, 0.717) is 0 Å². The number of hydrogen-bond donors (Lipinski definition) is 3. The van der Waals surface area contributed by atoms with Crippen LogP contribution < -0.4 is 16.0 Å². The van der Waals surface area contributed by atoms with Gasteiger partial charge < -0.3 is 15.4 Å². The number of hydrogen-bond acceptors (Lipinski definition) is 3. The molecule has 0 saturated heterocycles. The van der Waals surface area contributed by atoms with Crippen LogP contribution in [0.15, 0.2) is 30.3 Å². The Labute approximate surface area is 136 Å². The van der Waals surface area contributed by atoms with Crippen LogP contribution in [-0.2, 0) is 4.74 Å². The molecule has 0 spiro atoms. The summed E-state index contributed by atoms with van der Waals surface area (Å²) in [6.45, 7) is 0. The number of amides is 1. The molecule has 1 aromatic carbocycles. The van der Waals surface area contributed by atoms with Gasteiger partial charge in [0.2, 0.25) is 3.79 Å². The molecule has 0 fully saturated rings. The Morgan fingerprint density at radius 1 is 1.25 bits per heavy atom. The summed E-state index contributed by atoms with van der Waals surface area (Å²) in [5, 5.41) is 8.08. The Kier molecular flexibility index (Phi) is 6.61. The molecule has 20 heavy (non-hydrogen) atoms. The summed E-state index contributed by atoms with van der Waals surface area (Å²) in [4.78, 5) is 11.2. The molecule has 3 N–H and O–H groups in total. The van der Waals surface area contributed by atoms with E-state index in [-0.39, 0.29) is 5.11 Å². The molecule has 1 rings (SSSR count). The van der Waals surface area contributed by atoms with E-state index < -0.39 is 16.1 Å². The molecule has 0 bridgehead atoms. The van der Waals surface area contributed by atoms with E-state index in [1.807, 2.05) is 30.3 Å². The highest BCUT2D eigenvalue weighted by Crippen LogP contribution is 2.29. The average molecular weight is 357 g/mol. The van der Waals surface area contributed by atoms with Crippen LogP contribution in [0.25, 0.3) is 0 Å². The van der Waals surface area contributed by atoms with E-state index in [4.69, 9.17) is 47.0 Å². The van der Waals surface area contributed by atoms with Gasteiger partial charge in [-0.3, -0.25) is 5.32 Å². The molecule has 110 valence electrons. The molecule has 1 unspecified atom stereocenters. The normalized spacial score (nSPS) is 12.2. The van der Waals surface area contributed by atoms with Crippen molar-refractivity contribution in [2.24, 2.45) is 0 Å².